The lowest BCUT2D eigenvalue weighted by atomic mass is 9.99. The van der Waals surface area contributed by atoms with Crippen LogP contribution in [-0.2, 0) is 45.5 Å². The second-order valence-electron chi connectivity index (χ2n) is 7.85. The van der Waals surface area contributed by atoms with E-state index in [-0.39, 0.29) is 20.9 Å². The fourth-order valence-corrected chi connectivity index (χ4v) is 6.20. The Labute approximate surface area is 180 Å². The van der Waals surface area contributed by atoms with Gasteiger partial charge in [0, 0.05) is 5.69 Å². The Morgan fingerprint density at radius 3 is 2.19 bits per heavy atom. The number of hydrogen-bond acceptors (Lipinski definition) is 7. The van der Waals surface area contributed by atoms with E-state index in [0.717, 1.165) is 50.3 Å². The number of rotatable bonds is 5. The molecular weight excluding hydrogens is 438 g/mol. The van der Waals surface area contributed by atoms with E-state index >= 15 is 0 Å². The number of nitrogens with zero attached hydrogens (tertiary/aromatic N) is 2. The minimum absolute atomic E-state index is 0.163. The molecule has 31 heavy (non-hydrogen) atoms. The van der Waals surface area contributed by atoms with Gasteiger partial charge < -0.3 is 5.32 Å². The van der Waals surface area contributed by atoms with Gasteiger partial charge in [-0.2, -0.15) is 4.98 Å². The summed E-state index contributed by atoms with van der Waals surface area (Å²) in [6.07, 6.45) is 6.24. The van der Waals surface area contributed by atoms with Crippen molar-refractivity contribution in [3.63, 3.8) is 0 Å². The number of benzene rings is 2. The molecule has 2 aliphatic carbocycles. The SMILES string of the molecule is NS(=O)(=O)c1cccc(S(=O)(=O)c2nc(Nc3c4c(cc5c3CCC5)CCC4)n[nH]2)c1. The molecule has 5 rings (SSSR count). The van der Waals surface area contributed by atoms with Crippen molar-refractivity contribution in [2.24, 2.45) is 5.14 Å². The van der Waals surface area contributed by atoms with Gasteiger partial charge in [0.15, 0.2) is 0 Å². The maximum atomic E-state index is 13.0. The van der Waals surface area contributed by atoms with Gasteiger partial charge in [-0.3, -0.25) is 0 Å². The summed E-state index contributed by atoms with van der Waals surface area (Å²) in [4.78, 5) is 3.63. The van der Waals surface area contributed by atoms with E-state index in [1.807, 2.05) is 0 Å². The molecule has 0 saturated carbocycles. The molecule has 0 spiro atoms. The number of nitrogens with one attached hydrogen (secondary N) is 2. The summed E-state index contributed by atoms with van der Waals surface area (Å²) in [6, 6.07) is 7.16. The Hall–Kier alpha value is -2.76. The highest BCUT2D eigenvalue weighted by atomic mass is 32.2. The highest BCUT2D eigenvalue weighted by Crippen LogP contribution is 2.39. The lowest BCUT2D eigenvalue weighted by Gasteiger charge is -2.15. The number of aromatic nitrogens is 3. The van der Waals surface area contributed by atoms with Crippen LogP contribution in [0.1, 0.15) is 35.1 Å². The number of H-pyrrole nitrogens is 1. The van der Waals surface area contributed by atoms with Crippen LogP contribution in [0.4, 0.5) is 11.6 Å². The first-order valence-corrected chi connectivity index (χ1v) is 13.0. The molecule has 4 N–H and O–H groups in total. The lowest BCUT2D eigenvalue weighted by Crippen LogP contribution is -2.13. The number of primary sulfonamides is 1. The molecule has 0 unspecified atom stereocenters. The van der Waals surface area contributed by atoms with Crippen molar-refractivity contribution in [3.8, 4) is 0 Å². The van der Waals surface area contributed by atoms with Gasteiger partial charge in [0.2, 0.25) is 31.0 Å². The monoisotopic (exact) mass is 459 g/mol. The van der Waals surface area contributed by atoms with Crippen LogP contribution in [-0.4, -0.2) is 32.0 Å². The number of nitrogens with two attached hydrogens (primary N) is 1. The van der Waals surface area contributed by atoms with Crippen LogP contribution in [0, 0.1) is 0 Å². The van der Waals surface area contributed by atoms with Gasteiger partial charge in [-0.25, -0.2) is 27.1 Å². The van der Waals surface area contributed by atoms with E-state index in [0.29, 0.717) is 0 Å². The predicted molar refractivity (Wildman–Crippen MR) is 113 cm³/mol. The number of anilines is 2. The molecule has 0 bridgehead atoms. The summed E-state index contributed by atoms with van der Waals surface area (Å²) in [6.45, 7) is 0. The summed E-state index contributed by atoms with van der Waals surface area (Å²) < 4.78 is 49.1. The second-order valence-corrected chi connectivity index (χ2v) is 11.3. The van der Waals surface area contributed by atoms with Gasteiger partial charge in [0.1, 0.15) is 0 Å². The van der Waals surface area contributed by atoms with Crippen molar-refractivity contribution in [1.29, 1.82) is 0 Å². The minimum atomic E-state index is -4.11. The average molecular weight is 460 g/mol. The normalized spacial score (nSPS) is 15.6. The molecule has 2 aliphatic rings. The topological polar surface area (TPSA) is 148 Å². The molecular formula is C20H21N5O4S2. The largest absolute Gasteiger partial charge is 0.322 e. The Morgan fingerprint density at radius 1 is 0.903 bits per heavy atom. The maximum absolute atomic E-state index is 13.0. The predicted octanol–water partition coefficient (Wildman–Crippen LogP) is 2.01. The molecule has 1 aromatic heterocycles. The van der Waals surface area contributed by atoms with E-state index in [1.54, 1.807) is 0 Å². The van der Waals surface area contributed by atoms with Crippen molar-refractivity contribution in [1.82, 2.24) is 15.2 Å². The van der Waals surface area contributed by atoms with Crippen molar-refractivity contribution in [3.05, 3.63) is 52.6 Å². The van der Waals surface area contributed by atoms with Crippen LogP contribution >= 0.6 is 0 Å². The lowest BCUT2D eigenvalue weighted by molar-refractivity contribution is 0.587. The standard InChI is InChI=1S/C20H21N5O4S2/c21-31(28,29)15-7-3-6-14(11-15)30(26,27)20-23-19(24-25-20)22-18-16-8-1-4-12(16)10-13-5-2-9-17(13)18/h3,6-7,10-11H,1-2,4-5,8-9H2,(H2,21,28,29)(H2,22,23,24,25). The zero-order valence-corrected chi connectivity index (χ0v) is 18.2. The third-order valence-corrected chi connectivity index (χ3v) is 8.35. The zero-order chi connectivity index (χ0) is 21.8. The number of sulfone groups is 1. The van der Waals surface area contributed by atoms with Crippen LogP contribution < -0.4 is 10.5 Å². The summed E-state index contributed by atoms with van der Waals surface area (Å²) in [5.41, 5.74) is 6.20. The number of aryl methyl sites for hydroxylation is 2. The van der Waals surface area contributed by atoms with E-state index in [4.69, 9.17) is 5.14 Å². The Kier molecular flexibility index (Phi) is 4.65. The smallest absolute Gasteiger partial charge is 0.249 e. The molecule has 0 atom stereocenters. The van der Waals surface area contributed by atoms with Gasteiger partial charge in [0.25, 0.3) is 0 Å². The van der Waals surface area contributed by atoms with Crippen LogP contribution in [0.5, 0.6) is 0 Å². The van der Waals surface area contributed by atoms with Gasteiger partial charge in [-0.1, -0.05) is 12.1 Å². The molecule has 0 fully saturated rings. The highest BCUT2D eigenvalue weighted by Gasteiger charge is 2.27. The highest BCUT2D eigenvalue weighted by molar-refractivity contribution is 7.91. The molecule has 0 aliphatic heterocycles. The fourth-order valence-electron chi connectivity index (χ4n) is 4.43. The van der Waals surface area contributed by atoms with Crippen LogP contribution in [0.3, 0.4) is 0 Å². The summed E-state index contributed by atoms with van der Waals surface area (Å²) in [5, 5.41) is 14.5. The molecule has 0 radical (unpaired) electrons. The molecule has 11 heteroatoms. The van der Waals surface area contributed by atoms with E-state index < -0.39 is 19.9 Å². The second kappa shape index (κ2) is 7.14. The first-order chi connectivity index (χ1) is 14.7. The molecule has 162 valence electrons. The number of sulfonamides is 1. The average Bonchev–Trinajstić information content (AvgIpc) is 3.47. The van der Waals surface area contributed by atoms with Gasteiger partial charge >= 0.3 is 0 Å². The minimum Gasteiger partial charge on any atom is -0.322 e. The third kappa shape index (κ3) is 3.52. The molecule has 0 amide bonds. The van der Waals surface area contributed by atoms with Crippen LogP contribution in [0.25, 0.3) is 0 Å². The first kappa shape index (κ1) is 20.2. The molecule has 3 aromatic rings. The fraction of sp³-hybridized carbons (Fsp3) is 0.300. The van der Waals surface area contributed by atoms with E-state index in [2.05, 4.69) is 26.6 Å². The number of hydrogen-bond donors (Lipinski definition) is 3. The Balaban J connectivity index is 1.50. The van der Waals surface area contributed by atoms with Gasteiger partial charge in [-0.15, -0.1) is 5.10 Å². The van der Waals surface area contributed by atoms with Gasteiger partial charge in [-0.05, 0) is 79.0 Å². The Morgan fingerprint density at radius 2 is 1.55 bits per heavy atom. The molecule has 9 nitrogen and oxygen atoms in total. The Bertz CT molecular complexity index is 1380. The maximum Gasteiger partial charge on any atom is 0.249 e. The van der Waals surface area contributed by atoms with E-state index in [1.165, 1.54) is 40.5 Å². The van der Waals surface area contributed by atoms with Crippen LogP contribution in [0.15, 0.2) is 45.3 Å². The van der Waals surface area contributed by atoms with Gasteiger partial charge in [0.05, 0.1) is 9.79 Å². The summed E-state index contributed by atoms with van der Waals surface area (Å²) in [7, 11) is -8.14. The van der Waals surface area contributed by atoms with Crippen molar-refractivity contribution < 1.29 is 16.8 Å². The van der Waals surface area contributed by atoms with E-state index in [9.17, 15) is 16.8 Å². The van der Waals surface area contributed by atoms with Crippen molar-refractivity contribution >= 4 is 31.5 Å². The third-order valence-electron chi connectivity index (χ3n) is 5.87. The quantitative estimate of drug-likeness (QED) is 0.528. The van der Waals surface area contributed by atoms with Crippen molar-refractivity contribution in [2.45, 2.75) is 53.5 Å². The first-order valence-electron chi connectivity index (χ1n) is 9.97. The summed E-state index contributed by atoms with van der Waals surface area (Å²) >= 11 is 0. The molecule has 2 aromatic carbocycles. The zero-order valence-electron chi connectivity index (χ0n) is 16.6. The molecule has 0 saturated heterocycles. The summed E-state index contributed by atoms with van der Waals surface area (Å²) in [5.74, 6) is 0.163. The number of aromatic amines is 1. The van der Waals surface area contributed by atoms with Crippen molar-refractivity contribution in [2.75, 3.05) is 5.32 Å². The molecule has 1 heterocycles. The van der Waals surface area contributed by atoms with Crippen LogP contribution in [0.2, 0.25) is 0 Å². The number of fused-ring (bicyclic) bond motifs is 2.